The summed E-state index contributed by atoms with van der Waals surface area (Å²) in [6.45, 7) is 4.14. The quantitative estimate of drug-likeness (QED) is 0.804. The molecular formula is C11H15NOS. The Labute approximate surface area is 88.3 Å². The third-order valence-electron chi connectivity index (χ3n) is 3.07. The van der Waals surface area contributed by atoms with Crippen LogP contribution in [-0.4, -0.2) is 18.7 Å². The summed E-state index contributed by atoms with van der Waals surface area (Å²) >= 11 is 1.85. The van der Waals surface area contributed by atoms with E-state index in [1.54, 1.807) is 4.88 Å². The van der Waals surface area contributed by atoms with Crippen molar-refractivity contribution in [3.8, 4) is 5.06 Å². The molecule has 0 bridgehead atoms. The first kappa shape index (κ1) is 8.74. The van der Waals surface area contributed by atoms with Crippen LogP contribution < -0.4 is 10.1 Å². The van der Waals surface area contributed by atoms with Crippen molar-refractivity contribution >= 4 is 11.3 Å². The molecule has 1 N–H and O–H groups in total. The lowest BCUT2D eigenvalue weighted by Gasteiger charge is -2.38. The fourth-order valence-corrected chi connectivity index (χ4v) is 3.37. The van der Waals surface area contributed by atoms with Crippen LogP contribution in [-0.2, 0) is 12.8 Å². The van der Waals surface area contributed by atoms with Crippen LogP contribution in [0.15, 0.2) is 6.07 Å². The number of ether oxygens (including phenoxy) is 1. The summed E-state index contributed by atoms with van der Waals surface area (Å²) < 4.78 is 5.99. The molecule has 0 amide bonds. The summed E-state index contributed by atoms with van der Waals surface area (Å²) in [7, 11) is 0. The van der Waals surface area contributed by atoms with Gasteiger partial charge in [0, 0.05) is 18.0 Å². The Hall–Kier alpha value is -0.540. The van der Waals surface area contributed by atoms with Gasteiger partial charge in [-0.1, -0.05) is 0 Å². The van der Waals surface area contributed by atoms with Gasteiger partial charge >= 0.3 is 0 Å². The highest BCUT2D eigenvalue weighted by molar-refractivity contribution is 7.14. The Morgan fingerprint density at radius 2 is 2.29 bits per heavy atom. The second kappa shape index (κ2) is 2.97. The van der Waals surface area contributed by atoms with E-state index in [-0.39, 0.29) is 5.60 Å². The van der Waals surface area contributed by atoms with Gasteiger partial charge in [0.2, 0.25) is 0 Å². The molecule has 14 heavy (non-hydrogen) atoms. The average molecular weight is 209 g/mol. The lowest BCUT2D eigenvalue weighted by molar-refractivity contribution is 0.0386. The van der Waals surface area contributed by atoms with Crippen LogP contribution in [0.4, 0.5) is 0 Å². The van der Waals surface area contributed by atoms with Gasteiger partial charge in [-0.05, 0) is 37.8 Å². The third-order valence-corrected chi connectivity index (χ3v) is 4.18. The zero-order valence-electron chi connectivity index (χ0n) is 8.43. The molecule has 2 nitrogen and oxygen atoms in total. The van der Waals surface area contributed by atoms with Crippen molar-refractivity contribution < 1.29 is 4.74 Å². The van der Waals surface area contributed by atoms with Gasteiger partial charge in [-0.2, -0.15) is 0 Å². The number of nitrogens with one attached hydrogen (secondary N) is 1. The van der Waals surface area contributed by atoms with E-state index in [2.05, 4.69) is 18.3 Å². The maximum absolute atomic E-state index is 5.99. The molecule has 1 aliphatic carbocycles. The highest BCUT2D eigenvalue weighted by Gasteiger charge is 2.34. The van der Waals surface area contributed by atoms with Crippen LogP contribution >= 0.6 is 11.3 Å². The Kier molecular flexibility index (Phi) is 1.86. The predicted octanol–water partition coefficient (Wildman–Crippen LogP) is 1.98. The topological polar surface area (TPSA) is 21.3 Å². The fraction of sp³-hybridized carbons (Fsp3) is 0.636. The van der Waals surface area contributed by atoms with Crippen LogP contribution in [0.3, 0.4) is 0 Å². The molecule has 3 heteroatoms. The zero-order chi connectivity index (χ0) is 9.60. The summed E-state index contributed by atoms with van der Waals surface area (Å²) in [6.07, 6.45) is 3.85. The van der Waals surface area contributed by atoms with E-state index < -0.39 is 0 Å². The minimum atomic E-state index is 0.0542. The van der Waals surface area contributed by atoms with Gasteiger partial charge < -0.3 is 10.1 Å². The maximum Gasteiger partial charge on any atom is 0.175 e. The molecule has 0 aromatic carbocycles. The minimum Gasteiger partial charge on any atom is -0.475 e. The van der Waals surface area contributed by atoms with E-state index in [1.165, 1.54) is 24.8 Å². The smallest absolute Gasteiger partial charge is 0.175 e. The van der Waals surface area contributed by atoms with Crippen molar-refractivity contribution in [2.45, 2.75) is 31.8 Å². The van der Waals surface area contributed by atoms with Crippen LogP contribution in [0.25, 0.3) is 0 Å². The van der Waals surface area contributed by atoms with Crippen LogP contribution in [0, 0.1) is 0 Å². The molecule has 0 unspecified atom stereocenters. The summed E-state index contributed by atoms with van der Waals surface area (Å²) in [5.74, 6) is 0. The lowest BCUT2D eigenvalue weighted by atomic mass is 10.0. The van der Waals surface area contributed by atoms with E-state index in [0.717, 1.165) is 18.2 Å². The van der Waals surface area contributed by atoms with Crippen molar-refractivity contribution in [3.63, 3.8) is 0 Å². The summed E-state index contributed by atoms with van der Waals surface area (Å²) in [6, 6.07) is 2.25. The van der Waals surface area contributed by atoms with Gasteiger partial charge in [0.05, 0.1) is 0 Å². The first-order valence-corrected chi connectivity index (χ1v) is 6.08. The largest absolute Gasteiger partial charge is 0.475 e. The SMILES string of the molecule is CC1(Oc2cc3c(s2)CCC3)CNC1. The van der Waals surface area contributed by atoms with Gasteiger partial charge in [-0.15, -0.1) is 11.3 Å². The van der Waals surface area contributed by atoms with Crippen molar-refractivity contribution in [3.05, 3.63) is 16.5 Å². The normalized spacial score (nSPS) is 22.9. The monoisotopic (exact) mass is 209 g/mol. The van der Waals surface area contributed by atoms with Gasteiger partial charge in [0.25, 0.3) is 0 Å². The molecular weight excluding hydrogens is 194 g/mol. The molecule has 2 aliphatic rings. The van der Waals surface area contributed by atoms with Crippen molar-refractivity contribution in [2.75, 3.05) is 13.1 Å². The Morgan fingerprint density at radius 3 is 2.93 bits per heavy atom. The number of aryl methyl sites for hydroxylation is 2. The second-order valence-corrected chi connectivity index (χ2v) is 5.62. The van der Waals surface area contributed by atoms with Gasteiger partial charge in [-0.3, -0.25) is 0 Å². The van der Waals surface area contributed by atoms with E-state index in [9.17, 15) is 0 Å². The molecule has 0 atom stereocenters. The molecule has 2 heterocycles. The van der Waals surface area contributed by atoms with Gasteiger partial charge in [0.1, 0.15) is 5.60 Å². The Balaban J connectivity index is 1.77. The Bertz CT molecular complexity index is 333. The van der Waals surface area contributed by atoms with Gasteiger partial charge in [-0.25, -0.2) is 0 Å². The highest BCUT2D eigenvalue weighted by atomic mass is 32.1. The lowest BCUT2D eigenvalue weighted by Crippen LogP contribution is -2.60. The molecule has 1 fully saturated rings. The zero-order valence-corrected chi connectivity index (χ0v) is 9.25. The summed E-state index contributed by atoms with van der Waals surface area (Å²) in [5, 5.41) is 4.37. The molecule has 3 rings (SSSR count). The number of rotatable bonds is 2. The third kappa shape index (κ3) is 1.35. The average Bonchev–Trinajstić information content (AvgIpc) is 2.60. The molecule has 1 aromatic rings. The molecule has 1 aromatic heterocycles. The van der Waals surface area contributed by atoms with Crippen molar-refractivity contribution in [1.82, 2.24) is 5.32 Å². The number of fused-ring (bicyclic) bond motifs is 1. The van der Waals surface area contributed by atoms with Crippen molar-refractivity contribution in [2.24, 2.45) is 0 Å². The van der Waals surface area contributed by atoms with Crippen LogP contribution in [0.2, 0.25) is 0 Å². The summed E-state index contributed by atoms with van der Waals surface area (Å²) in [4.78, 5) is 1.55. The molecule has 76 valence electrons. The van der Waals surface area contributed by atoms with Crippen LogP contribution in [0.5, 0.6) is 5.06 Å². The molecule has 1 saturated heterocycles. The number of thiophene rings is 1. The number of hydrogen-bond acceptors (Lipinski definition) is 3. The van der Waals surface area contributed by atoms with E-state index in [1.807, 2.05) is 11.3 Å². The standard InChI is InChI=1S/C11H15NOS/c1-11(6-12-7-11)13-10-5-8-3-2-4-9(8)14-10/h5,12H,2-4,6-7H2,1H3. The Morgan fingerprint density at radius 1 is 1.43 bits per heavy atom. The molecule has 1 aliphatic heterocycles. The minimum absolute atomic E-state index is 0.0542. The number of hydrogen-bond donors (Lipinski definition) is 1. The summed E-state index contributed by atoms with van der Waals surface area (Å²) in [5.41, 5.74) is 1.58. The highest BCUT2D eigenvalue weighted by Crippen LogP contribution is 2.37. The predicted molar refractivity (Wildman–Crippen MR) is 58.2 cm³/mol. The van der Waals surface area contributed by atoms with E-state index in [0.29, 0.717) is 0 Å². The fourth-order valence-electron chi connectivity index (χ4n) is 2.14. The van der Waals surface area contributed by atoms with Crippen LogP contribution in [0.1, 0.15) is 23.8 Å². The molecule has 0 radical (unpaired) electrons. The van der Waals surface area contributed by atoms with E-state index >= 15 is 0 Å². The first-order chi connectivity index (χ1) is 6.75. The molecule has 0 spiro atoms. The van der Waals surface area contributed by atoms with Crippen molar-refractivity contribution in [1.29, 1.82) is 0 Å². The second-order valence-electron chi connectivity index (χ2n) is 4.52. The first-order valence-electron chi connectivity index (χ1n) is 5.27. The van der Waals surface area contributed by atoms with Gasteiger partial charge in [0.15, 0.2) is 5.06 Å². The maximum atomic E-state index is 5.99. The molecule has 0 saturated carbocycles. The van der Waals surface area contributed by atoms with E-state index in [4.69, 9.17) is 4.74 Å².